The van der Waals surface area contributed by atoms with Crippen LogP contribution in [-0.4, -0.2) is 26.5 Å². The Hall–Kier alpha value is -2.37. The first-order valence-corrected chi connectivity index (χ1v) is 6.58. The normalized spacial score (nSPS) is 10.7. The van der Waals surface area contributed by atoms with E-state index in [4.69, 9.17) is 5.11 Å². The van der Waals surface area contributed by atoms with Gasteiger partial charge in [0.25, 0.3) is 0 Å². The zero-order chi connectivity index (χ0) is 14.5. The van der Waals surface area contributed by atoms with Crippen molar-refractivity contribution in [3.05, 3.63) is 24.3 Å². The van der Waals surface area contributed by atoms with Gasteiger partial charge >= 0.3 is 5.97 Å². The van der Waals surface area contributed by atoms with E-state index >= 15 is 0 Å². The third-order valence-corrected chi connectivity index (χ3v) is 2.92. The Bertz CT molecular complexity index is 634. The van der Waals surface area contributed by atoms with Crippen LogP contribution in [0.15, 0.2) is 24.3 Å². The van der Waals surface area contributed by atoms with Crippen LogP contribution in [0.2, 0.25) is 0 Å². The zero-order valence-corrected chi connectivity index (χ0v) is 11.3. The Labute approximate surface area is 116 Å². The van der Waals surface area contributed by atoms with Crippen LogP contribution in [0, 0.1) is 0 Å². The van der Waals surface area contributed by atoms with Crippen LogP contribution in [0.3, 0.4) is 0 Å². The van der Waals surface area contributed by atoms with Gasteiger partial charge in [0.15, 0.2) is 0 Å². The third-order valence-electron chi connectivity index (χ3n) is 2.92. The number of carboxylic acid groups (broad SMARTS) is 1. The van der Waals surface area contributed by atoms with Crippen molar-refractivity contribution in [1.29, 1.82) is 0 Å². The van der Waals surface area contributed by atoms with E-state index < -0.39 is 5.97 Å². The average molecular weight is 275 g/mol. The molecule has 106 valence electrons. The van der Waals surface area contributed by atoms with Gasteiger partial charge in [-0.2, -0.15) is 0 Å². The molecule has 2 rings (SSSR count). The number of imidazole rings is 1. The molecule has 0 spiro atoms. The predicted octanol–water partition coefficient (Wildman–Crippen LogP) is 2.25. The van der Waals surface area contributed by atoms with Crippen LogP contribution >= 0.6 is 0 Å². The van der Waals surface area contributed by atoms with Gasteiger partial charge in [-0.1, -0.05) is 19.1 Å². The summed E-state index contributed by atoms with van der Waals surface area (Å²) in [5, 5.41) is 11.3. The summed E-state index contributed by atoms with van der Waals surface area (Å²) in [4.78, 5) is 26.6. The van der Waals surface area contributed by atoms with Gasteiger partial charge in [0.05, 0.1) is 17.5 Å². The second kappa shape index (κ2) is 6.18. The first-order chi connectivity index (χ1) is 9.61. The summed E-state index contributed by atoms with van der Waals surface area (Å²) in [7, 11) is 0. The highest BCUT2D eigenvalue weighted by Gasteiger charge is 2.13. The summed E-state index contributed by atoms with van der Waals surface area (Å²) in [6.07, 6.45) is 0.683. The monoisotopic (exact) mass is 275 g/mol. The van der Waals surface area contributed by atoms with Gasteiger partial charge in [-0.3, -0.25) is 14.9 Å². The Balaban J connectivity index is 2.22. The third kappa shape index (κ3) is 3.14. The van der Waals surface area contributed by atoms with Crippen LogP contribution in [0.1, 0.15) is 26.2 Å². The van der Waals surface area contributed by atoms with Gasteiger partial charge in [0.2, 0.25) is 11.9 Å². The molecule has 1 aromatic carbocycles. The Morgan fingerprint density at radius 2 is 2.05 bits per heavy atom. The lowest BCUT2D eigenvalue weighted by molar-refractivity contribution is -0.138. The van der Waals surface area contributed by atoms with Crippen molar-refractivity contribution in [2.45, 2.75) is 32.7 Å². The van der Waals surface area contributed by atoms with Gasteiger partial charge in [0.1, 0.15) is 0 Å². The molecule has 1 heterocycles. The quantitative estimate of drug-likeness (QED) is 0.846. The molecular formula is C14H17N3O3. The molecule has 0 aliphatic heterocycles. The molecule has 2 N–H and O–H groups in total. The topological polar surface area (TPSA) is 84.2 Å². The molecule has 0 aliphatic rings. The Kier molecular flexibility index (Phi) is 4.34. The van der Waals surface area contributed by atoms with E-state index in [0.717, 1.165) is 24.0 Å². The van der Waals surface area contributed by atoms with E-state index in [1.807, 2.05) is 35.8 Å². The summed E-state index contributed by atoms with van der Waals surface area (Å²) in [6.45, 7) is 2.79. The number of carbonyl (C=O) groups excluding carboxylic acids is 1. The SMILES string of the molecule is CCCn1c(NC(=O)CCC(=O)O)nc2ccccc21. The maximum Gasteiger partial charge on any atom is 0.303 e. The molecule has 0 atom stereocenters. The minimum atomic E-state index is -0.984. The number of carboxylic acids is 1. The lowest BCUT2D eigenvalue weighted by Crippen LogP contribution is -2.16. The number of amides is 1. The standard InChI is InChI=1S/C14H17N3O3/c1-2-9-17-11-6-4-3-5-10(11)15-14(17)16-12(18)7-8-13(19)20/h3-6H,2,7-9H2,1H3,(H,19,20)(H,15,16,18). The highest BCUT2D eigenvalue weighted by Crippen LogP contribution is 2.20. The maximum atomic E-state index is 11.7. The van der Waals surface area contributed by atoms with Gasteiger partial charge < -0.3 is 9.67 Å². The number of nitrogens with zero attached hydrogens (tertiary/aromatic N) is 2. The minimum Gasteiger partial charge on any atom is -0.481 e. The lowest BCUT2D eigenvalue weighted by atomic mass is 10.3. The molecule has 1 aromatic heterocycles. The first kappa shape index (κ1) is 14.0. The summed E-state index contributed by atoms with van der Waals surface area (Å²) in [5.74, 6) is -0.842. The van der Waals surface area contributed by atoms with Crippen LogP contribution in [0.4, 0.5) is 5.95 Å². The number of hydrogen-bond donors (Lipinski definition) is 2. The molecular weight excluding hydrogens is 258 g/mol. The van der Waals surface area contributed by atoms with E-state index in [1.54, 1.807) is 0 Å². The van der Waals surface area contributed by atoms with Crippen LogP contribution in [0.5, 0.6) is 0 Å². The van der Waals surface area contributed by atoms with Crippen LogP contribution in [-0.2, 0) is 16.1 Å². The predicted molar refractivity (Wildman–Crippen MR) is 75.5 cm³/mol. The molecule has 0 saturated carbocycles. The number of hydrogen-bond acceptors (Lipinski definition) is 3. The lowest BCUT2D eigenvalue weighted by Gasteiger charge is -2.08. The zero-order valence-electron chi connectivity index (χ0n) is 11.3. The number of fused-ring (bicyclic) bond motifs is 1. The summed E-state index contributed by atoms with van der Waals surface area (Å²) in [6, 6.07) is 7.65. The Morgan fingerprint density at radius 1 is 1.30 bits per heavy atom. The molecule has 0 unspecified atom stereocenters. The molecule has 20 heavy (non-hydrogen) atoms. The average Bonchev–Trinajstić information content (AvgIpc) is 2.75. The smallest absolute Gasteiger partial charge is 0.303 e. The number of aromatic nitrogens is 2. The Morgan fingerprint density at radius 3 is 2.75 bits per heavy atom. The largest absolute Gasteiger partial charge is 0.481 e. The summed E-state index contributed by atoms with van der Waals surface area (Å²) in [5.41, 5.74) is 1.78. The van der Waals surface area contributed by atoms with E-state index in [2.05, 4.69) is 10.3 Å². The summed E-state index contributed by atoms with van der Waals surface area (Å²) >= 11 is 0. The van der Waals surface area contributed by atoms with Gasteiger partial charge in [-0.05, 0) is 18.6 Å². The second-order valence-corrected chi connectivity index (χ2v) is 4.52. The fraction of sp³-hybridized carbons (Fsp3) is 0.357. The molecule has 0 saturated heterocycles. The van der Waals surface area contributed by atoms with E-state index in [-0.39, 0.29) is 18.7 Å². The molecule has 2 aromatic rings. The molecule has 6 heteroatoms. The van der Waals surface area contributed by atoms with E-state index in [1.165, 1.54) is 0 Å². The van der Waals surface area contributed by atoms with Crippen molar-refractivity contribution in [3.63, 3.8) is 0 Å². The van der Waals surface area contributed by atoms with E-state index in [0.29, 0.717) is 5.95 Å². The van der Waals surface area contributed by atoms with Gasteiger partial charge in [-0.25, -0.2) is 4.98 Å². The molecule has 0 fully saturated rings. The van der Waals surface area contributed by atoms with Crippen molar-refractivity contribution in [2.75, 3.05) is 5.32 Å². The molecule has 0 radical (unpaired) electrons. The second-order valence-electron chi connectivity index (χ2n) is 4.52. The van der Waals surface area contributed by atoms with Crippen LogP contribution in [0.25, 0.3) is 11.0 Å². The number of aryl methyl sites for hydroxylation is 1. The maximum absolute atomic E-state index is 11.7. The van der Waals surface area contributed by atoms with E-state index in [9.17, 15) is 9.59 Å². The number of carbonyl (C=O) groups is 2. The van der Waals surface area contributed by atoms with Crippen LogP contribution < -0.4 is 5.32 Å². The number of aliphatic carboxylic acids is 1. The van der Waals surface area contributed by atoms with Crippen molar-refractivity contribution in [1.82, 2.24) is 9.55 Å². The number of para-hydroxylation sites is 2. The number of benzene rings is 1. The van der Waals surface area contributed by atoms with Gasteiger partial charge in [0, 0.05) is 13.0 Å². The van der Waals surface area contributed by atoms with Crippen molar-refractivity contribution >= 4 is 28.9 Å². The highest BCUT2D eigenvalue weighted by molar-refractivity contribution is 5.93. The molecule has 1 amide bonds. The molecule has 0 aliphatic carbocycles. The molecule has 6 nitrogen and oxygen atoms in total. The number of nitrogens with one attached hydrogen (secondary N) is 1. The van der Waals surface area contributed by atoms with Crippen molar-refractivity contribution in [3.8, 4) is 0 Å². The minimum absolute atomic E-state index is 0.0509. The number of rotatable bonds is 6. The summed E-state index contributed by atoms with van der Waals surface area (Å²) < 4.78 is 1.94. The molecule has 0 bridgehead atoms. The van der Waals surface area contributed by atoms with Crippen molar-refractivity contribution < 1.29 is 14.7 Å². The van der Waals surface area contributed by atoms with Crippen molar-refractivity contribution in [2.24, 2.45) is 0 Å². The number of anilines is 1. The first-order valence-electron chi connectivity index (χ1n) is 6.58. The van der Waals surface area contributed by atoms with Gasteiger partial charge in [-0.15, -0.1) is 0 Å². The highest BCUT2D eigenvalue weighted by atomic mass is 16.4. The fourth-order valence-corrected chi connectivity index (χ4v) is 2.03. The fourth-order valence-electron chi connectivity index (χ4n) is 2.03.